The van der Waals surface area contributed by atoms with Crippen LogP contribution >= 0.6 is 11.8 Å². The van der Waals surface area contributed by atoms with E-state index in [9.17, 15) is 9.59 Å². The van der Waals surface area contributed by atoms with Crippen LogP contribution in [0.3, 0.4) is 0 Å². The molecule has 0 aliphatic carbocycles. The number of thioether (sulfide) groups is 1. The Kier molecular flexibility index (Phi) is 3.65. The fourth-order valence-corrected chi connectivity index (χ4v) is 2.49. The van der Waals surface area contributed by atoms with Crippen LogP contribution in [0.4, 0.5) is 0 Å². The summed E-state index contributed by atoms with van der Waals surface area (Å²) in [4.78, 5) is 24.7. The minimum atomic E-state index is -1.31. The van der Waals surface area contributed by atoms with Crippen LogP contribution in [0.15, 0.2) is 0 Å². The van der Waals surface area contributed by atoms with Gasteiger partial charge in [-0.2, -0.15) is 11.8 Å². The van der Waals surface area contributed by atoms with Crippen molar-refractivity contribution < 1.29 is 14.7 Å². The summed E-state index contributed by atoms with van der Waals surface area (Å²) < 4.78 is 0. The number of nitrogens with zero attached hydrogens (tertiary/aromatic N) is 1. The highest BCUT2D eigenvalue weighted by molar-refractivity contribution is 7.99. The molecular formula is C10H17NO3S. The molecule has 86 valence electrons. The molecule has 0 saturated carbocycles. The molecule has 1 heterocycles. The number of carbonyl (C=O) groups is 2. The molecule has 0 radical (unpaired) electrons. The minimum absolute atomic E-state index is 0.134. The molecule has 1 aliphatic heterocycles. The summed E-state index contributed by atoms with van der Waals surface area (Å²) in [6.45, 7) is 5.54. The molecule has 0 bridgehead atoms. The minimum Gasteiger partial charge on any atom is -0.480 e. The first-order valence-electron chi connectivity index (χ1n) is 4.99. The molecule has 1 amide bonds. The van der Waals surface area contributed by atoms with Gasteiger partial charge in [0.05, 0.1) is 0 Å². The van der Waals surface area contributed by atoms with Gasteiger partial charge in [-0.1, -0.05) is 0 Å². The number of carbonyl (C=O) groups excluding carboxylic acids is 1. The van der Waals surface area contributed by atoms with Crippen LogP contribution < -0.4 is 0 Å². The number of hydrogen-bond acceptors (Lipinski definition) is 3. The van der Waals surface area contributed by atoms with Gasteiger partial charge in [-0.15, -0.1) is 0 Å². The van der Waals surface area contributed by atoms with Gasteiger partial charge in [0.25, 0.3) is 0 Å². The van der Waals surface area contributed by atoms with Gasteiger partial charge in [0.1, 0.15) is 5.41 Å². The van der Waals surface area contributed by atoms with Crippen LogP contribution in [0.1, 0.15) is 20.8 Å². The van der Waals surface area contributed by atoms with Crippen LogP contribution in [0.25, 0.3) is 0 Å². The molecule has 15 heavy (non-hydrogen) atoms. The number of aliphatic carboxylic acids is 1. The molecule has 5 heteroatoms. The quantitative estimate of drug-likeness (QED) is 0.722. The van der Waals surface area contributed by atoms with Crippen molar-refractivity contribution in [1.82, 2.24) is 4.90 Å². The second-order valence-corrected chi connectivity index (χ2v) is 5.50. The standard InChI is InChI=1S/C10H17NO3S/c1-7-6-15-5-4-11(7)8(12)10(2,3)9(13)14/h7H,4-6H2,1-3H3,(H,13,14). The Bertz CT molecular complexity index is 278. The van der Waals surface area contributed by atoms with Gasteiger partial charge in [0.2, 0.25) is 5.91 Å². The maximum atomic E-state index is 12.0. The second kappa shape index (κ2) is 4.43. The van der Waals surface area contributed by atoms with E-state index in [0.29, 0.717) is 6.54 Å². The summed E-state index contributed by atoms with van der Waals surface area (Å²) in [6.07, 6.45) is 0. The molecule has 1 saturated heterocycles. The van der Waals surface area contributed by atoms with E-state index in [2.05, 4.69) is 0 Å². The number of hydrogen-bond donors (Lipinski definition) is 1. The van der Waals surface area contributed by atoms with Crippen LogP contribution in [0.5, 0.6) is 0 Å². The van der Waals surface area contributed by atoms with Crippen molar-refractivity contribution in [3.05, 3.63) is 0 Å². The highest BCUT2D eigenvalue weighted by atomic mass is 32.2. The SMILES string of the molecule is CC1CSCCN1C(=O)C(C)(C)C(=O)O. The van der Waals surface area contributed by atoms with E-state index in [-0.39, 0.29) is 11.9 Å². The van der Waals surface area contributed by atoms with Gasteiger partial charge in [-0.05, 0) is 20.8 Å². The maximum Gasteiger partial charge on any atom is 0.318 e. The average molecular weight is 231 g/mol. The third kappa shape index (κ3) is 2.45. The van der Waals surface area contributed by atoms with Crippen LogP contribution in [-0.2, 0) is 9.59 Å². The zero-order valence-electron chi connectivity index (χ0n) is 9.32. The second-order valence-electron chi connectivity index (χ2n) is 4.35. The topological polar surface area (TPSA) is 57.6 Å². The summed E-state index contributed by atoms with van der Waals surface area (Å²) in [5, 5.41) is 8.98. The van der Waals surface area contributed by atoms with E-state index in [4.69, 9.17) is 5.11 Å². The van der Waals surface area contributed by atoms with E-state index in [1.54, 1.807) is 16.7 Å². The fraction of sp³-hybridized carbons (Fsp3) is 0.800. The van der Waals surface area contributed by atoms with Crippen molar-refractivity contribution in [2.24, 2.45) is 5.41 Å². The van der Waals surface area contributed by atoms with Gasteiger partial charge in [-0.25, -0.2) is 0 Å². The van der Waals surface area contributed by atoms with Gasteiger partial charge in [0.15, 0.2) is 0 Å². The first-order chi connectivity index (χ1) is 6.87. The number of carboxylic acid groups (broad SMARTS) is 1. The van der Waals surface area contributed by atoms with Crippen molar-refractivity contribution >= 4 is 23.6 Å². The Morgan fingerprint density at radius 2 is 2.07 bits per heavy atom. The lowest BCUT2D eigenvalue weighted by molar-refractivity contribution is -0.158. The third-order valence-electron chi connectivity index (χ3n) is 2.70. The maximum absolute atomic E-state index is 12.0. The Hall–Kier alpha value is -0.710. The summed E-state index contributed by atoms with van der Waals surface area (Å²) in [5.41, 5.74) is -1.31. The van der Waals surface area contributed by atoms with Crippen LogP contribution in [0.2, 0.25) is 0 Å². The molecule has 0 aromatic carbocycles. The molecule has 1 N–H and O–H groups in total. The summed E-state index contributed by atoms with van der Waals surface area (Å²) >= 11 is 1.80. The van der Waals surface area contributed by atoms with Gasteiger partial charge in [0, 0.05) is 24.1 Å². The Morgan fingerprint density at radius 3 is 2.53 bits per heavy atom. The molecule has 1 aliphatic rings. The molecule has 4 nitrogen and oxygen atoms in total. The van der Waals surface area contributed by atoms with E-state index >= 15 is 0 Å². The highest BCUT2D eigenvalue weighted by Crippen LogP contribution is 2.24. The van der Waals surface area contributed by atoms with Crippen molar-refractivity contribution in [1.29, 1.82) is 0 Å². The number of rotatable bonds is 2. The van der Waals surface area contributed by atoms with E-state index < -0.39 is 11.4 Å². The highest BCUT2D eigenvalue weighted by Gasteiger charge is 2.41. The van der Waals surface area contributed by atoms with Gasteiger partial charge < -0.3 is 10.0 Å². The van der Waals surface area contributed by atoms with E-state index in [0.717, 1.165) is 11.5 Å². The van der Waals surface area contributed by atoms with Crippen molar-refractivity contribution in [2.45, 2.75) is 26.8 Å². The summed E-state index contributed by atoms with van der Waals surface area (Å²) in [5.74, 6) is 0.452. The fourth-order valence-electron chi connectivity index (χ4n) is 1.48. The Balaban J connectivity index is 2.78. The van der Waals surface area contributed by atoms with Gasteiger partial charge in [-0.3, -0.25) is 9.59 Å². The molecule has 1 fully saturated rings. The first kappa shape index (κ1) is 12.4. The predicted molar refractivity (Wildman–Crippen MR) is 59.9 cm³/mol. The molecule has 1 atom stereocenters. The number of carboxylic acids is 1. The third-order valence-corrected chi connectivity index (χ3v) is 3.89. The Morgan fingerprint density at radius 1 is 1.47 bits per heavy atom. The normalized spacial score (nSPS) is 22.6. The van der Waals surface area contributed by atoms with Gasteiger partial charge >= 0.3 is 5.97 Å². The Labute approximate surface area is 94.0 Å². The molecule has 1 rings (SSSR count). The smallest absolute Gasteiger partial charge is 0.318 e. The van der Waals surface area contributed by atoms with Crippen molar-refractivity contribution in [3.63, 3.8) is 0 Å². The lowest BCUT2D eigenvalue weighted by atomic mass is 9.91. The van der Waals surface area contributed by atoms with E-state index in [1.165, 1.54) is 13.8 Å². The largest absolute Gasteiger partial charge is 0.480 e. The van der Waals surface area contributed by atoms with Crippen LogP contribution in [0, 0.1) is 5.41 Å². The first-order valence-corrected chi connectivity index (χ1v) is 6.15. The molecule has 0 spiro atoms. The summed E-state index contributed by atoms with van der Waals surface area (Å²) in [7, 11) is 0. The summed E-state index contributed by atoms with van der Waals surface area (Å²) in [6, 6.07) is 0.134. The average Bonchev–Trinajstić information content (AvgIpc) is 2.17. The van der Waals surface area contributed by atoms with Crippen molar-refractivity contribution in [3.8, 4) is 0 Å². The monoisotopic (exact) mass is 231 g/mol. The zero-order chi connectivity index (χ0) is 11.6. The lowest BCUT2D eigenvalue weighted by Crippen LogP contribution is -2.52. The molecule has 1 unspecified atom stereocenters. The number of amides is 1. The molecule has 0 aromatic heterocycles. The zero-order valence-corrected chi connectivity index (χ0v) is 10.1. The van der Waals surface area contributed by atoms with E-state index in [1.807, 2.05) is 6.92 Å². The van der Waals surface area contributed by atoms with Crippen LogP contribution in [-0.4, -0.2) is 46.0 Å². The lowest BCUT2D eigenvalue weighted by Gasteiger charge is -2.36. The molecular weight excluding hydrogens is 214 g/mol. The van der Waals surface area contributed by atoms with Crippen molar-refractivity contribution in [2.75, 3.05) is 18.1 Å². The molecule has 0 aromatic rings. The predicted octanol–water partition coefficient (Wildman–Crippen LogP) is 1.06.